The van der Waals surface area contributed by atoms with Crippen LogP contribution < -0.4 is 9.47 Å². The Hall–Kier alpha value is -1.22. The summed E-state index contributed by atoms with van der Waals surface area (Å²) in [5.41, 5.74) is 0.392. The highest BCUT2D eigenvalue weighted by Crippen LogP contribution is 2.32. The van der Waals surface area contributed by atoms with Gasteiger partial charge >= 0.3 is 0 Å². The van der Waals surface area contributed by atoms with Crippen LogP contribution in [0.4, 0.5) is 0 Å². The van der Waals surface area contributed by atoms with Gasteiger partial charge in [-0.3, -0.25) is 4.79 Å². The van der Waals surface area contributed by atoms with Gasteiger partial charge in [0.2, 0.25) is 0 Å². The predicted octanol–water partition coefficient (Wildman–Crippen LogP) is 2.86. The van der Waals surface area contributed by atoms with Crippen molar-refractivity contribution < 1.29 is 14.3 Å². The van der Waals surface area contributed by atoms with E-state index in [1.807, 2.05) is 0 Å². The van der Waals surface area contributed by atoms with Gasteiger partial charge in [0.1, 0.15) is 11.5 Å². The number of carbonyl (C=O) groups is 1. The van der Waals surface area contributed by atoms with Crippen LogP contribution in [0.1, 0.15) is 23.2 Å². The van der Waals surface area contributed by atoms with Gasteiger partial charge in [-0.15, -0.1) is 0 Å². The second kappa shape index (κ2) is 4.74. The molecule has 0 heterocycles. The highest BCUT2D eigenvalue weighted by molar-refractivity contribution is 6.68. The zero-order valence-electron chi connectivity index (χ0n) is 9.03. The first-order valence-corrected chi connectivity index (χ1v) is 5.59. The SMILES string of the molecule is COc1ccc(C(=O)Cl)c(OCC2CC2)c1. The maximum Gasteiger partial charge on any atom is 0.256 e. The Labute approximate surface area is 99.3 Å². The molecule has 0 saturated heterocycles. The molecule has 0 aromatic heterocycles. The molecule has 0 spiro atoms. The van der Waals surface area contributed by atoms with Crippen molar-refractivity contribution in [2.75, 3.05) is 13.7 Å². The molecular formula is C12H13ClO3. The van der Waals surface area contributed by atoms with Gasteiger partial charge in [-0.05, 0) is 42.5 Å². The van der Waals surface area contributed by atoms with Crippen LogP contribution in [0.2, 0.25) is 0 Å². The van der Waals surface area contributed by atoms with Crippen molar-refractivity contribution >= 4 is 16.8 Å². The number of benzene rings is 1. The van der Waals surface area contributed by atoms with Gasteiger partial charge in [0, 0.05) is 6.07 Å². The number of methoxy groups -OCH3 is 1. The number of halogens is 1. The van der Waals surface area contributed by atoms with E-state index in [-0.39, 0.29) is 0 Å². The third-order valence-corrected chi connectivity index (χ3v) is 2.78. The van der Waals surface area contributed by atoms with Gasteiger partial charge in [-0.2, -0.15) is 0 Å². The molecule has 1 aliphatic carbocycles. The van der Waals surface area contributed by atoms with E-state index in [1.165, 1.54) is 12.8 Å². The lowest BCUT2D eigenvalue weighted by Crippen LogP contribution is -2.03. The number of hydrogen-bond donors (Lipinski definition) is 0. The van der Waals surface area contributed by atoms with Crippen molar-refractivity contribution in [2.45, 2.75) is 12.8 Å². The van der Waals surface area contributed by atoms with Gasteiger partial charge in [-0.25, -0.2) is 0 Å². The average molecular weight is 241 g/mol. The quantitative estimate of drug-likeness (QED) is 0.743. The Morgan fingerprint density at radius 3 is 2.81 bits per heavy atom. The van der Waals surface area contributed by atoms with Crippen LogP contribution >= 0.6 is 11.6 Å². The molecule has 0 bridgehead atoms. The van der Waals surface area contributed by atoms with E-state index in [1.54, 1.807) is 25.3 Å². The lowest BCUT2D eigenvalue weighted by Gasteiger charge is -2.10. The summed E-state index contributed by atoms with van der Waals surface area (Å²) in [7, 11) is 1.57. The number of hydrogen-bond acceptors (Lipinski definition) is 3. The maximum absolute atomic E-state index is 11.2. The van der Waals surface area contributed by atoms with Gasteiger partial charge in [0.25, 0.3) is 5.24 Å². The molecule has 1 saturated carbocycles. The van der Waals surface area contributed by atoms with E-state index >= 15 is 0 Å². The monoisotopic (exact) mass is 240 g/mol. The van der Waals surface area contributed by atoms with Gasteiger partial charge in [0.05, 0.1) is 19.3 Å². The van der Waals surface area contributed by atoms with Crippen LogP contribution in [-0.2, 0) is 0 Å². The molecule has 1 aromatic carbocycles. The molecule has 86 valence electrons. The number of rotatable bonds is 5. The van der Waals surface area contributed by atoms with Crippen LogP contribution in [0.25, 0.3) is 0 Å². The van der Waals surface area contributed by atoms with E-state index < -0.39 is 5.24 Å². The van der Waals surface area contributed by atoms with E-state index in [9.17, 15) is 4.79 Å². The number of ether oxygens (including phenoxy) is 2. The van der Waals surface area contributed by atoms with Gasteiger partial charge in [0.15, 0.2) is 0 Å². The second-order valence-electron chi connectivity index (χ2n) is 3.89. The molecule has 1 aliphatic rings. The predicted molar refractivity (Wildman–Crippen MR) is 61.4 cm³/mol. The zero-order chi connectivity index (χ0) is 11.5. The summed E-state index contributed by atoms with van der Waals surface area (Å²) >= 11 is 5.48. The Kier molecular flexibility index (Phi) is 3.34. The minimum atomic E-state index is -0.506. The topological polar surface area (TPSA) is 35.5 Å². The molecule has 1 fully saturated rings. The fraction of sp³-hybridized carbons (Fsp3) is 0.417. The summed E-state index contributed by atoms with van der Waals surface area (Å²) in [6.45, 7) is 0.643. The van der Waals surface area contributed by atoms with E-state index in [0.29, 0.717) is 29.6 Å². The summed E-state index contributed by atoms with van der Waals surface area (Å²) < 4.78 is 10.7. The Morgan fingerprint density at radius 2 is 2.25 bits per heavy atom. The van der Waals surface area contributed by atoms with E-state index in [2.05, 4.69) is 0 Å². The fourth-order valence-corrected chi connectivity index (χ4v) is 1.56. The molecule has 0 aliphatic heterocycles. The lowest BCUT2D eigenvalue weighted by molar-refractivity contribution is 0.107. The minimum absolute atomic E-state index is 0.392. The van der Waals surface area contributed by atoms with Crippen molar-refractivity contribution in [3.8, 4) is 11.5 Å². The maximum atomic E-state index is 11.2. The van der Waals surface area contributed by atoms with Crippen LogP contribution in [0.15, 0.2) is 18.2 Å². The van der Waals surface area contributed by atoms with Crippen molar-refractivity contribution in [1.29, 1.82) is 0 Å². The zero-order valence-corrected chi connectivity index (χ0v) is 9.79. The molecule has 0 amide bonds. The highest BCUT2D eigenvalue weighted by Gasteiger charge is 2.23. The summed E-state index contributed by atoms with van der Waals surface area (Å²) in [5, 5.41) is -0.506. The first kappa shape index (κ1) is 11.3. The highest BCUT2D eigenvalue weighted by atomic mass is 35.5. The third-order valence-electron chi connectivity index (χ3n) is 2.57. The van der Waals surface area contributed by atoms with Gasteiger partial charge in [-0.1, -0.05) is 0 Å². The van der Waals surface area contributed by atoms with Crippen molar-refractivity contribution in [3.63, 3.8) is 0 Å². The first-order chi connectivity index (χ1) is 7.70. The van der Waals surface area contributed by atoms with Crippen molar-refractivity contribution in [3.05, 3.63) is 23.8 Å². The van der Waals surface area contributed by atoms with Crippen LogP contribution in [0, 0.1) is 5.92 Å². The molecule has 0 atom stereocenters. The average Bonchev–Trinajstić information content (AvgIpc) is 3.09. The molecule has 0 unspecified atom stereocenters. The number of carbonyl (C=O) groups excluding carboxylic acids is 1. The molecule has 3 nitrogen and oxygen atoms in total. The van der Waals surface area contributed by atoms with E-state index in [0.717, 1.165) is 0 Å². The molecule has 2 rings (SSSR count). The standard InChI is InChI=1S/C12H13ClO3/c1-15-9-4-5-10(12(13)14)11(6-9)16-7-8-2-3-8/h4-6,8H,2-3,7H2,1H3. The molecule has 16 heavy (non-hydrogen) atoms. The van der Waals surface area contributed by atoms with E-state index in [4.69, 9.17) is 21.1 Å². The smallest absolute Gasteiger partial charge is 0.256 e. The molecule has 1 aromatic rings. The third kappa shape index (κ3) is 2.67. The van der Waals surface area contributed by atoms with Crippen LogP contribution in [-0.4, -0.2) is 19.0 Å². The lowest BCUT2D eigenvalue weighted by atomic mass is 10.2. The Bertz CT molecular complexity index is 399. The summed E-state index contributed by atoms with van der Waals surface area (Å²) in [4.78, 5) is 11.2. The Balaban J connectivity index is 2.18. The Morgan fingerprint density at radius 1 is 1.50 bits per heavy atom. The molecule has 0 N–H and O–H groups in total. The minimum Gasteiger partial charge on any atom is -0.497 e. The molecule has 0 radical (unpaired) electrons. The normalized spacial score (nSPS) is 14.6. The van der Waals surface area contributed by atoms with Crippen LogP contribution in [0.3, 0.4) is 0 Å². The first-order valence-electron chi connectivity index (χ1n) is 5.21. The second-order valence-corrected chi connectivity index (χ2v) is 4.23. The summed E-state index contributed by atoms with van der Waals surface area (Å²) in [6.07, 6.45) is 2.41. The summed E-state index contributed by atoms with van der Waals surface area (Å²) in [6, 6.07) is 5.01. The van der Waals surface area contributed by atoms with Crippen LogP contribution in [0.5, 0.6) is 11.5 Å². The molecular weight excluding hydrogens is 228 g/mol. The van der Waals surface area contributed by atoms with Crippen molar-refractivity contribution in [2.24, 2.45) is 5.92 Å². The largest absolute Gasteiger partial charge is 0.497 e. The van der Waals surface area contributed by atoms with Crippen molar-refractivity contribution in [1.82, 2.24) is 0 Å². The summed E-state index contributed by atoms with van der Waals surface area (Å²) in [5.74, 6) is 1.79. The fourth-order valence-electron chi connectivity index (χ4n) is 1.40. The molecule has 4 heteroatoms. The van der Waals surface area contributed by atoms with Gasteiger partial charge < -0.3 is 9.47 Å².